The number of hydrogen-bond donors (Lipinski definition) is 0. The molecule has 0 N–H and O–H groups in total. The first-order valence-electron chi connectivity index (χ1n) is 14.5. The number of benzene rings is 1. The van der Waals surface area contributed by atoms with Gasteiger partial charge in [-0.05, 0) is 75.9 Å². The number of likely N-dealkylation sites (tertiary alicyclic amines) is 1. The Labute approximate surface area is 242 Å². The number of piperidine rings is 2. The average molecular weight is 591 g/mol. The Kier molecular flexibility index (Phi) is 9.46. The van der Waals surface area contributed by atoms with Gasteiger partial charge in [0.2, 0.25) is 15.9 Å². The summed E-state index contributed by atoms with van der Waals surface area (Å²) < 4.78 is 40.4. The molecule has 9 nitrogen and oxygen atoms in total. The van der Waals surface area contributed by atoms with Gasteiger partial charge in [0.1, 0.15) is 17.4 Å². The number of ether oxygens (including phenoxy) is 2. The van der Waals surface area contributed by atoms with Gasteiger partial charge in [0.05, 0.1) is 37.4 Å². The standard InChI is InChI=1S/C29H42N4O5S2/c1-21-15-24(37-3)16-22(2)29(21)40(35,36)33-13-8-5-9-23(33)19-38-20-28(34)32-14-10-25-26(17-32)39-27(30-25)18-31-11-6-4-7-12-31/h15-16,23H,4-14,17-20H2,1-3H3/t23-/m0/s1. The Morgan fingerprint density at radius 2 is 1.77 bits per heavy atom. The van der Waals surface area contributed by atoms with Gasteiger partial charge in [0.15, 0.2) is 0 Å². The van der Waals surface area contributed by atoms with Gasteiger partial charge in [0, 0.05) is 30.4 Å². The second kappa shape index (κ2) is 12.9. The average Bonchev–Trinajstić information content (AvgIpc) is 3.34. The van der Waals surface area contributed by atoms with Crippen LogP contribution in [0.25, 0.3) is 0 Å². The van der Waals surface area contributed by atoms with Crippen LogP contribution in [-0.2, 0) is 39.1 Å². The lowest BCUT2D eigenvalue weighted by Gasteiger charge is -2.35. The molecule has 0 bridgehead atoms. The molecule has 3 aliphatic heterocycles. The number of aromatic nitrogens is 1. The molecule has 0 saturated carbocycles. The molecule has 11 heteroatoms. The van der Waals surface area contributed by atoms with Crippen molar-refractivity contribution in [1.82, 2.24) is 19.1 Å². The highest BCUT2D eigenvalue weighted by atomic mass is 32.2. The molecule has 2 fully saturated rings. The van der Waals surface area contributed by atoms with Gasteiger partial charge >= 0.3 is 0 Å². The number of carbonyl (C=O) groups is 1. The highest BCUT2D eigenvalue weighted by molar-refractivity contribution is 7.89. The van der Waals surface area contributed by atoms with Crippen molar-refractivity contribution in [2.45, 2.75) is 82.8 Å². The summed E-state index contributed by atoms with van der Waals surface area (Å²) in [5.41, 5.74) is 2.47. The fourth-order valence-corrected chi connectivity index (χ4v) is 9.49. The Bertz CT molecular complexity index is 1280. The SMILES string of the molecule is COc1cc(C)c(S(=O)(=O)N2CCCC[C@H]2COCC(=O)N2CCc3nc(CN4CCCCC4)sc3C2)c(C)c1. The summed E-state index contributed by atoms with van der Waals surface area (Å²) in [4.78, 5) is 23.8. The van der Waals surface area contributed by atoms with E-state index in [-0.39, 0.29) is 25.2 Å². The first-order valence-corrected chi connectivity index (χ1v) is 16.7. The van der Waals surface area contributed by atoms with E-state index in [1.807, 2.05) is 4.90 Å². The first-order chi connectivity index (χ1) is 19.3. The first kappa shape index (κ1) is 29.4. The van der Waals surface area contributed by atoms with Crippen LogP contribution < -0.4 is 4.74 Å². The summed E-state index contributed by atoms with van der Waals surface area (Å²) in [5.74, 6) is 0.594. The summed E-state index contributed by atoms with van der Waals surface area (Å²) in [6.45, 7) is 8.65. The van der Waals surface area contributed by atoms with E-state index in [1.165, 1.54) is 24.1 Å². The van der Waals surface area contributed by atoms with E-state index < -0.39 is 10.0 Å². The monoisotopic (exact) mass is 590 g/mol. The van der Waals surface area contributed by atoms with Crippen LogP contribution in [-0.4, -0.2) is 86.0 Å². The number of carbonyl (C=O) groups excluding carboxylic acids is 1. The van der Waals surface area contributed by atoms with E-state index in [0.717, 1.165) is 56.0 Å². The highest BCUT2D eigenvalue weighted by Gasteiger charge is 2.36. The molecule has 0 aliphatic carbocycles. The Balaban J connectivity index is 1.17. The number of hydrogen-bond acceptors (Lipinski definition) is 8. The van der Waals surface area contributed by atoms with E-state index in [4.69, 9.17) is 14.5 Å². The number of fused-ring (bicyclic) bond motifs is 1. The van der Waals surface area contributed by atoms with E-state index >= 15 is 0 Å². The molecule has 1 aromatic heterocycles. The van der Waals surface area contributed by atoms with E-state index in [2.05, 4.69) is 4.90 Å². The molecule has 2 saturated heterocycles. The van der Waals surface area contributed by atoms with E-state index in [9.17, 15) is 13.2 Å². The molecule has 1 aromatic carbocycles. The van der Waals surface area contributed by atoms with Crippen LogP contribution in [0.15, 0.2) is 17.0 Å². The van der Waals surface area contributed by atoms with Crippen molar-refractivity contribution in [3.63, 3.8) is 0 Å². The van der Waals surface area contributed by atoms with Crippen molar-refractivity contribution in [2.75, 3.05) is 46.5 Å². The molecule has 3 aliphatic rings. The van der Waals surface area contributed by atoms with E-state index in [0.29, 0.717) is 41.4 Å². The van der Waals surface area contributed by atoms with Crippen LogP contribution in [0.3, 0.4) is 0 Å². The molecule has 1 amide bonds. The number of thiazole rings is 1. The van der Waals surface area contributed by atoms with Gasteiger partial charge in [-0.1, -0.05) is 12.8 Å². The largest absolute Gasteiger partial charge is 0.497 e. The minimum absolute atomic E-state index is 0.0419. The smallest absolute Gasteiger partial charge is 0.248 e. The molecule has 40 heavy (non-hydrogen) atoms. The lowest BCUT2D eigenvalue weighted by Crippen LogP contribution is -2.47. The number of nitrogens with zero attached hydrogens (tertiary/aromatic N) is 4. The maximum atomic E-state index is 13.8. The van der Waals surface area contributed by atoms with Crippen molar-refractivity contribution in [1.29, 1.82) is 0 Å². The van der Waals surface area contributed by atoms with Crippen LogP contribution in [0.4, 0.5) is 0 Å². The third-order valence-electron chi connectivity index (χ3n) is 8.28. The van der Waals surface area contributed by atoms with Crippen LogP contribution in [0.2, 0.25) is 0 Å². The molecular formula is C29H42N4O5S2. The number of amides is 1. The summed E-state index contributed by atoms with van der Waals surface area (Å²) in [5, 5.41) is 1.15. The van der Waals surface area contributed by atoms with Crippen LogP contribution in [0.1, 0.15) is 65.2 Å². The van der Waals surface area contributed by atoms with Crippen LogP contribution in [0, 0.1) is 13.8 Å². The van der Waals surface area contributed by atoms with Gasteiger partial charge < -0.3 is 14.4 Å². The summed E-state index contributed by atoms with van der Waals surface area (Å²) in [6, 6.07) is 3.23. The van der Waals surface area contributed by atoms with Crippen molar-refractivity contribution in [3.05, 3.63) is 38.8 Å². The Hall–Kier alpha value is -2.05. The zero-order valence-electron chi connectivity index (χ0n) is 24.0. The molecule has 1 atom stereocenters. The third-order valence-corrected chi connectivity index (χ3v) is 11.6. The highest BCUT2D eigenvalue weighted by Crippen LogP contribution is 2.32. The van der Waals surface area contributed by atoms with Gasteiger partial charge in [-0.15, -0.1) is 11.3 Å². The fraction of sp³-hybridized carbons (Fsp3) is 0.655. The minimum atomic E-state index is -3.72. The van der Waals surface area contributed by atoms with Gasteiger partial charge in [-0.2, -0.15) is 4.31 Å². The molecule has 0 radical (unpaired) electrons. The molecule has 220 valence electrons. The molecule has 0 spiro atoms. The number of sulfonamides is 1. The molecule has 0 unspecified atom stereocenters. The lowest BCUT2D eigenvalue weighted by atomic mass is 10.1. The molecule has 4 heterocycles. The van der Waals surface area contributed by atoms with Gasteiger partial charge in [-0.3, -0.25) is 9.69 Å². The lowest BCUT2D eigenvalue weighted by molar-refractivity contribution is -0.137. The molecular weight excluding hydrogens is 548 g/mol. The number of aryl methyl sites for hydroxylation is 2. The maximum Gasteiger partial charge on any atom is 0.248 e. The maximum absolute atomic E-state index is 13.8. The zero-order chi connectivity index (χ0) is 28.3. The third kappa shape index (κ3) is 6.54. The van der Waals surface area contributed by atoms with Crippen molar-refractivity contribution >= 4 is 27.3 Å². The quantitative estimate of drug-likeness (QED) is 0.438. The van der Waals surface area contributed by atoms with Crippen molar-refractivity contribution in [2.24, 2.45) is 0 Å². The molecule has 5 rings (SSSR count). The number of methoxy groups -OCH3 is 1. The van der Waals surface area contributed by atoms with E-state index in [1.54, 1.807) is 48.7 Å². The summed E-state index contributed by atoms with van der Waals surface area (Å²) >= 11 is 1.73. The Morgan fingerprint density at radius 1 is 1.05 bits per heavy atom. The van der Waals surface area contributed by atoms with Crippen LogP contribution in [0.5, 0.6) is 5.75 Å². The van der Waals surface area contributed by atoms with Gasteiger partial charge in [0.25, 0.3) is 0 Å². The second-order valence-electron chi connectivity index (χ2n) is 11.3. The fourth-order valence-electron chi connectivity index (χ4n) is 6.22. The van der Waals surface area contributed by atoms with Gasteiger partial charge in [-0.25, -0.2) is 13.4 Å². The van der Waals surface area contributed by atoms with Crippen molar-refractivity contribution < 1.29 is 22.7 Å². The molecule has 2 aromatic rings. The summed E-state index contributed by atoms with van der Waals surface area (Å²) in [6.07, 6.45) is 7.09. The normalized spacial score (nSPS) is 20.9. The van der Waals surface area contributed by atoms with Crippen LogP contribution >= 0.6 is 11.3 Å². The Morgan fingerprint density at radius 3 is 2.50 bits per heavy atom. The second-order valence-corrected chi connectivity index (χ2v) is 14.2. The predicted molar refractivity (Wildman–Crippen MR) is 155 cm³/mol. The summed E-state index contributed by atoms with van der Waals surface area (Å²) in [7, 11) is -2.14. The minimum Gasteiger partial charge on any atom is -0.497 e. The number of rotatable bonds is 9. The zero-order valence-corrected chi connectivity index (χ0v) is 25.6. The topological polar surface area (TPSA) is 92.3 Å². The van der Waals surface area contributed by atoms with Crippen molar-refractivity contribution in [3.8, 4) is 5.75 Å². The predicted octanol–water partition coefficient (Wildman–Crippen LogP) is 3.90.